The molecule has 1 aliphatic rings. The molecule has 0 radical (unpaired) electrons. The first-order valence-electron chi connectivity index (χ1n) is 10.0. The van der Waals surface area contributed by atoms with Gasteiger partial charge in [-0.3, -0.25) is 14.7 Å². The molecule has 1 aliphatic heterocycles. The zero-order valence-corrected chi connectivity index (χ0v) is 16.2. The topological polar surface area (TPSA) is 48.5 Å². The van der Waals surface area contributed by atoms with E-state index in [1.807, 2.05) is 6.92 Å². The van der Waals surface area contributed by atoms with Gasteiger partial charge in [0.1, 0.15) is 0 Å². The van der Waals surface area contributed by atoms with Crippen LogP contribution in [0.1, 0.15) is 35.7 Å². The Bertz CT molecular complexity index is 711. The summed E-state index contributed by atoms with van der Waals surface area (Å²) in [5.41, 5.74) is 3.08. The Labute approximate surface area is 162 Å². The van der Waals surface area contributed by atoms with Crippen LogP contribution in [0.4, 0.5) is 5.69 Å². The third-order valence-corrected chi connectivity index (χ3v) is 5.21. The highest BCUT2D eigenvalue weighted by Gasteiger charge is 2.16. The van der Waals surface area contributed by atoms with Gasteiger partial charge >= 0.3 is 0 Å². The van der Waals surface area contributed by atoms with Crippen LogP contribution < -0.4 is 10.2 Å². The number of hydrogen-bond donors (Lipinski definition) is 1. The molecule has 1 saturated heterocycles. The summed E-state index contributed by atoms with van der Waals surface area (Å²) in [5, 5.41) is 3.05. The Morgan fingerprint density at radius 1 is 1.07 bits per heavy atom. The maximum atomic E-state index is 12.3. The normalized spacial score (nSPS) is 14.9. The van der Waals surface area contributed by atoms with Crippen molar-refractivity contribution in [3.63, 3.8) is 0 Å². The molecule has 0 aliphatic carbocycles. The van der Waals surface area contributed by atoms with E-state index in [-0.39, 0.29) is 5.91 Å². The molecule has 2 aromatic rings. The van der Waals surface area contributed by atoms with E-state index in [4.69, 9.17) is 0 Å². The molecule has 1 amide bonds. The average Bonchev–Trinajstić information content (AvgIpc) is 2.74. The monoisotopic (exact) mass is 366 g/mol. The Morgan fingerprint density at radius 3 is 2.59 bits per heavy atom. The van der Waals surface area contributed by atoms with E-state index >= 15 is 0 Å². The number of nitrogens with zero attached hydrogens (tertiary/aromatic N) is 3. The fourth-order valence-corrected chi connectivity index (χ4v) is 3.56. The van der Waals surface area contributed by atoms with Crippen molar-refractivity contribution < 1.29 is 4.79 Å². The lowest BCUT2D eigenvalue weighted by Crippen LogP contribution is -2.46. The van der Waals surface area contributed by atoms with Crippen molar-refractivity contribution in [1.29, 1.82) is 0 Å². The summed E-state index contributed by atoms with van der Waals surface area (Å²) in [5.74, 6) is 0.0192. The minimum absolute atomic E-state index is 0.0192. The van der Waals surface area contributed by atoms with Gasteiger partial charge in [-0.15, -0.1) is 0 Å². The highest BCUT2D eigenvalue weighted by atomic mass is 16.1. The maximum Gasteiger partial charge on any atom is 0.251 e. The van der Waals surface area contributed by atoms with Gasteiger partial charge in [0.25, 0.3) is 5.91 Å². The van der Waals surface area contributed by atoms with Crippen molar-refractivity contribution in [2.45, 2.75) is 26.2 Å². The predicted octanol–water partition coefficient (Wildman–Crippen LogP) is 2.98. The standard InChI is InChI=1S/C22H30N4O/c1-2-19-18-23-12-10-21(19)22(27)24-11-6-7-13-25-14-16-26(17-15-25)20-8-4-3-5-9-20/h3-5,8-10,12,18H,2,6-7,11,13-17H2,1H3,(H,24,27). The number of nitrogens with one attached hydrogen (secondary N) is 1. The van der Waals surface area contributed by atoms with Crippen LogP contribution in [0.2, 0.25) is 0 Å². The molecule has 1 N–H and O–H groups in total. The number of aromatic nitrogens is 1. The first-order chi connectivity index (χ1) is 13.3. The van der Waals surface area contributed by atoms with Crippen LogP contribution in [0.3, 0.4) is 0 Å². The number of benzene rings is 1. The van der Waals surface area contributed by atoms with Crippen LogP contribution in [0, 0.1) is 0 Å². The highest BCUT2D eigenvalue weighted by Crippen LogP contribution is 2.15. The molecule has 0 bridgehead atoms. The number of carbonyl (C=O) groups is 1. The van der Waals surface area contributed by atoms with Crippen LogP contribution in [-0.4, -0.2) is 55.1 Å². The zero-order valence-electron chi connectivity index (χ0n) is 16.2. The Morgan fingerprint density at radius 2 is 1.85 bits per heavy atom. The number of carbonyl (C=O) groups excluding carboxylic acids is 1. The lowest BCUT2D eigenvalue weighted by atomic mass is 10.1. The van der Waals surface area contributed by atoms with Crippen molar-refractivity contribution in [3.05, 3.63) is 59.9 Å². The molecule has 5 nitrogen and oxygen atoms in total. The van der Waals surface area contributed by atoms with Crippen molar-refractivity contribution in [2.24, 2.45) is 0 Å². The van der Waals surface area contributed by atoms with Gasteiger partial charge in [0.15, 0.2) is 0 Å². The predicted molar refractivity (Wildman–Crippen MR) is 110 cm³/mol. The molecule has 3 rings (SSSR count). The van der Waals surface area contributed by atoms with Crippen LogP contribution in [0.15, 0.2) is 48.8 Å². The van der Waals surface area contributed by atoms with E-state index < -0.39 is 0 Å². The molecular weight excluding hydrogens is 336 g/mol. The summed E-state index contributed by atoms with van der Waals surface area (Å²) in [7, 11) is 0. The van der Waals surface area contributed by atoms with E-state index in [9.17, 15) is 4.79 Å². The van der Waals surface area contributed by atoms with E-state index in [1.165, 1.54) is 5.69 Å². The molecule has 1 fully saturated rings. The maximum absolute atomic E-state index is 12.3. The summed E-state index contributed by atoms with van der Waals surface area (Å²) in [6.45, 7) is 8.27. The van der Waals surface area contributed by atoms with Gasteiger partial charge < -0.3 is 10.2 Å². The summed E-state index contributed by atoms with van der Waals surface area (Å²) >= 11 is 0. The fraction of sp³-hybridized carbons (Fsp3) is 0.455. The van der Waals surface area contributed by atoms with Crippen LogP contribution >= 0.6 is 0 Å². The van der Waals surface area contributed by atoms with Gasteiger partial charge in [0.05, 0.1) is 0 Å². The number of anilines is 1. The molecule has 5 heteroatoms. The summed E-state index contributed by atoms with van der Waals surface area (Å²) in [6, 6.07) is 12.4. The van der Waals surface area contributed by atoms with E-state index in [2.05, 4.69) is 50.4 Å². The molecule has 1 aromatic heterocycles. The van der Waals surface area contributed by atoms with Gasteiger partial charge in [-0.25, -0.2) is 0 Å². The number of para-hydroxylation sites is 1. The van der Waals surface area contributed by atoms with Crippen molar-refractivity contribution in [2.75, 3.05) is 44.2 Å². The third kappa shape index (κ3) is 5.54. The number of unbranched alkanes of at least 4 members (excludes halogenated alkanes) is 1. The van der Waals surface area contributed by atoms with Crippen LogP contribution in [0.25, 0.3) is 0 Å². The second-order valence-electron chi connectivity index (χ2n) is 7.01. The quantitative estimate of drug-likeness (QED) is 0.730. The number of aryl methyl sites for hydroxylation is 1. The molecule has 27 heavy (non-hydrogen) atoms. The second kappa shape index (κ2) is 10.1. The highest BCUT2D eigenvalue weighted by molar-refractivity contribution is 5.95. The summed E-state index contributed by atoms with van der Waals surface area (Å²) in [6.07, 6.45) is 6.42. The first kappa shape index (κ1) is 19.4. The third-order valence-electron chi connectivity index (χ3n) is 5.21. The van der Waals surface area contributed by atoms with Gasteiger partial charge in [-0.1, -0.05) is 25.1 Å². The van der Waals surface area contributed by atoms with E-state index in [1.54, 1.807) is 18.5 Å². The van der Waals surface area contributed by atoms with Crippen molar-refractivity contribution >= 4 is 11.6 Å². The number of rotatable bonds is 8. The second-order valence-corrected chi connectivity index (χ2v) is 7.01. The molecule has 144 valence electrons. The van der Waals surface area contributed by atoms with Crippen LogP contribution in [0.5, 0.6) is 0 Å². The minimum atomic E-state index is 0.0192. The molecule has 0 spiro atoms. The summed E-state index contributed by atoms with van der Waals surface area (Å²) in [4.78, 5) is 21.4. The van der Waals surface area contributed by atoms with Gasteiger partial charge in [0.2, 0.25) is 0 Å². The molecular formula is C22H30N4O. The number of amides is 1. The molecule has 0 saturated carbocycles. The van der Waals surface area contributed by atoms with E-state index in [0.29, 0.717) is 0 Å². The molecule has 2 heterocycles. The van der Waals surface area contributed by atoms with E-state index in [0.717, 1.165) is 69.7 Å². The molecule has 0 unspecified atom stereocenters. The minimum Gasteiger partial charge on any atom is -0.369 e. The zero-order chi connectivity index (χ0) is 18.9. The van der Waals surface area contributed by atoms with Crippen molar-refractivity contribution in [3.8, 4) is 0 Å². The SMILES string of the molecule is CCc1cnccc1C(=O)NCCCCN1CCN(c2ccccc2)CC1. The van der Waals surface area contributed by atoms with Crippen molar-refractivity contribution in [1.82, 2.24) is 15.2 Å². The molecule has 0 atom stereocenters. The average molecular weight is 367 g/mol. The first-order valence-corrected chi connectivity index (χ1v) is 10.0. The Balaban J connectivity index is 1.31. The van der Waals surface area contributed by atoms with Gasteiger partial charge in [-0.2, -0.15) is 0 Å². The van der Waals surface area contributed by atoms with Gasteiger partial charge in [0, 0.05) is 56.4 Å². The smallest absolute Gasteiger partial charge is 0.251 e. The van der Waals surface area contributed by atoms with Gasteiger partial charge in [-0.05, 0) is 49.6 Å². The Hall–Kier alpha value is -2.40. The number of hydrogen-bond acceptors (Lipinski definition) is 4. The number of piperazine rings is 1. The number of pyridine rings is 1. The fourth-order valence-electron chi connectivity index (χ4n) is 3.56. The lowest BCUT2D eigenvalue weighted by Gasteiger charge is -2.36. The molecule has 1 aromatic carbocycles. The largest absolute Gasteiger partial charge is 0.369 e. The Kier molecular flexibility index (Phi) is 7.22. The lowest BCUT2D eigenvalue weighted by molar-refractivity contribution is 0.0951. The summed E-state index contributed by atoms with van der Waals surface area (Å²) < 4.78 is 0. The van der Waals surface area contributed by atoms with Crippen LogP contribution in [-0.2, 0) is 6.42 Å².